The van der Waals surface area contributed by atoms with Gasteiger partial charge in [0, 0.05) is 49.1 Å². The summed E-state index contributed by atoms with van der Waals surface area (Å²) in [5, 5.41) is 3.50. The fourth-order valence-electron chi connectivity index (χ4n) is 3.61. The number of rotatable bonds is 5. The van der Waals surface area contributed by atoms with Crippen molar-refractivity contribution in [2.45, 2.75) is 26.4 Å². The van der Waals surface area contributed by atoms with Crippen molar-refractivity contribution in [1.82, 2.24) is 15.2 Å². The van der Waals surface area contributed by atoms with Crippen LogP contribution in [-0.4, -0.2) is 43.7 Å². The molecule has 0 amide bonds. The molecule has 0 spiro atoms. The van der Waals surface area contributed by atoms with E-state index < -0.39 is 0 Å². The van der Waals surface area contributed by atoms with E-state index in [1.165, 1.54) is 5.56 Å². The van der Waals surface area contributed by atoms with Crippen LogP contribution < -0.4 is 14.8 Å². The monoisotopic (exact) mass is 341 g/mol. The average Bonchev–Trinajstić information content (AvgIpc) is 2.65. The summed E-state index contributed by atoms with van der Waals surface area (Å²) in [5.74, 6) is 1.88. The fourth-order valence-corrected chi connectivity index (χ4v) is 3.61. The molecule has 2 heterocycles. The lowest BCUT2D eigenvalue weighted by atomic mass is 10.0. The number of ether oxygens (including phenoxy) is 2. The topological polar surface area (TPSA) is 46.6 Å². The van der Waals surface area contributed by atoms with Crippen molar-refractivity contribution in [1.29, 1.82) is 0 Å². The van der Waals surface area contributed by atoms with Crippen molar-refractivity contribution in [2.24, 2.45) is 0 Å². The van der Waals surface area contributed by atoms with Crippen molar-refractivity contribution >= 4 is 0 Å². The quantitative estimate of drug-likeness (QED) is 0.906. The lowest BCUT2D eigenvalue weighted by Crippen LogP contribution is -2.45. The highest BCUT2D eigenvalue weighted by atomic mass is 16.5. The van der Waals surface area contributed by atoms with Gasteiger partial charge in [-0.05, 0) is 19.9 Å². The van der Waals surface area contributed by atoms with Crippen LogP contribution in [0.25, 0.3) is 0 Å². The summed E-state index contributed by atoms with van der Waals surface area (Å²) in [6, 6.07) is 8.53. The van der Waals surface area contributed by atoms with Crippen molar-refractivity contribution in [3.8, 4) is 11.5 Å². The van der Waals surface area contributed by atoms with Crippen molar-refractivity contribution < 1.29 is 9.47 Å². The predicted molar refractivity (Wildman–Crippen MR) is 99.3 cm³/mol. The van der Waals surface area contributed by atoms with Crippen LogP contribution in [0.3, 0.4) is 0 Å². The molecule has 1 aromatic heterocycles. The number of methoxy groups -OCH3 is 2. The molecule has 1 aromatic carbocycles. The smallest absolute Gasteiger partial charge is 0.128 e. The zero-order chi connectivity index (χ0) is 17.8. The molecular formula is C20H27N3O2. The van der Waals surface area contributed by atoms with Crippen LogP contribution in [0.4, 0.5) is 0 Å². The molecule has 1 unspecified atom stereocenters. The fraction of sp³-hybridized carbons (Fsp3) is 0.450. The minimum absolute atomic E-state index is 0.262. The number of hydrogen-bond acceptors (Lipinski definition) is 5. The Morgan fingerprint density at radius 1 is 1.20 bits per heavy atom. The molecular weight excluding hydrogens is 314 g/mol. The SMILES string of the molecule is COc1ccccc1C1CNCCN1Cc1ncc(C)c(OC)c1C. The van der Waals surface area contributed by atoms with E-state index in [0.717, 1.165) is 54.5 Å². The zero-order valence-corrected chi connectivity index (χ0v) is 15.5. The van der Waals surface area contributed by atoms with Gasteiger partial charge in [0.25, 0.3) is 0 Å². The highest BCUT2D eigenvalue weighted by molar-refractivity contribution is 5.41. The summed E-state index contributed by atoms with van der Waals surface area (Å²) >= 11 is 0. The summed E-state index contributed by atoms with van der Waals surface area (Å²) < 4.78 is 11.1. The number of hydrogen-bond donors (Lipinski definition) is 1. The van der Waals surface area contributed by atoms with Gasteiger partial charge in [0.1, 0.15) is 11.5 Å². The molecule has 1 N–H and O–H groups in total. The largest absolute Gasteiger partial charge is 0.496 e. The van der Waals surface area contributed by atoms with E-state index in [-0.39, 0.29) is 6.04 Å². The lowest BCUT2D eigenvalue weighted by Gasteiger charge is -2.37. The number of para-hydroxylation sites is 1. The van der Waals surface area contributed by atoms with Crippen LogP contribution in [0.1, 0.15) is 28.4 Å². The Morgan fingerprint density at radius 3 is 2.76 bits per heavy atom. The number of benzene rings is 1. The number of pyridine rings is 1. The summed E-state index contributed by atoms with van der Waals surface area (Å²) in [4.78, 5) is 7.15. The van der Waals surface area contributed by atoms with Crippen LogP contribution in [0.5, 0.6) is 11.5 Å². The first kappa shape index (κ1) is 17.7. The maximum atomic E-state index is 5.58. The van der Waals surface area contributed by atoms with E-state index in [4.69, 9.17) is 9.47 Å². The van der Waals surface area contributed by atoms with E-state index >= 15 is 0 Å². The summed E-state index contributed by atoms with van der Waals surface area (Å²) in [7, 11) is 3.46. The van der Waals surface area contributed by atoms with Crippen LogP contribution in [0.15, 0.2) is 30.5 Å². The van der Waals surface area contributed by atoms with E-state index in [0.29, 0.717) is 0 Å². The van der Waals surface area contributed by atoms with Crippen LogP contribution in [0.2, 0.25) is 0 Å². The van der Waals surface area contributed by atoms with Gasteiger partial charge >= 0.3 is 0 Å². The van der Waals surface area contributed by atoms with Gasteiger partial charge in [-0.15, -0.1) is 0 Å². The Balaban J connectivity index is 1.90. The summed E-state index contributed by atoms with van der Waals surface area (Å²) in [5.41, 5.74) is 4.49. The van der Waals surface area contributed by atoms with Crippen molar-refractivity contribution in [2.75, 3.05) is 33.9 Å². The van der Waals surface area contributed by atoms with Gasteiger partial charge in [-0.25, -0.2) is 0 Å². The number of nitrogens with zero attached hydrogens (tertiary/aromatic N) is 2. The molecule has 1 saturated heterocycles. The molecule has 1 aliphatic heterocycles. The average molecular weight is 341 g/mol. The van der Waals surface area contributed by atoms with E-state index in [1.807, 2.05) is 25.3 Å². The third-order valence-electron chi connectivity index (χ3n) is 4.95. The second-order valence-electron chi connectivity index (χ2n) is 6.48. The Bertz CT molecular complexity index is 733. The molecule has 1 fully saturated rings. The Labute approximate surface area is 150 Å². The third kappa shape index (κ3) is 3.62. The third-order valence-corrected chi connectivity index (χ3v) is 4.95. The van der Waals surface area contributed by atoms with Gasteiger partial charge < -0.3 is 14.8 Å². The number of aromatic nitrogens is 1. The molecule has 5 heteroatoms. The maximum Gasteiger partial charge on any atom is 0.128 e. The Kier molecular flexibility index (Phi) is 5.56. The van der Waals surface area contributed by atoms with Crippen LogP contribution in [0, 0.1) is 13.8 Å². The van der Waals surface area contributed by atoms with E-state index in [1.54, 1.807) is 14.2 Å². The highest BCUT2D eigenvalue weighted by Crippen LogP contribution is 2.32. The minimum atomic E-state index is 0.262. The normalized spacial score (nSPS) is 18.2. The van der Waals surface area contributed by atoms with Gasteiger partial charge in [0.05, 0.1) is 26.0 Å². The number of nitrogens with one attached hydrogen (secondary N) is 1. The predicted octanol–water partition coefficient (Wildman–Crippen LogP) is 2.86. The van der Waals surface area contributed by atoms with Gasteiger partial charge in [-0.1, -0.05) is 18.2 Å². The molecule has 2 aromatic rings. The standard InChI is InChI=1S/C20H27N3O2/c1-14-11-22-17(15(2)20(14)25-4)13-23-10-9-21-12-18(23)16-7-5-6-8-19(16)24-3/h5-8,11,18,21H,9-10,12-13H2,1-4H3. The van der Waals surface area contributed by atoms with Crippen LogP contribution in [-0.2, 0) is 6.54 Å². The molecule has 134 valence electrons. The van der Waals surface area contributed by atoms with E-state index in [2.05, 4.69) is 34.3 Å². The number of aryl methyl sites for hydroxylation is 1. The Morgan fingerprint density at radius 2 is 2.00 bits per heavy atom. The van der Waals surface area contributed by atoms with Gasteiger partial charge in [0.2, 0.25) is 0 Å². The first-order chi connectivity index (χ1) is 12.2. The molecule has 3 rings (SSSR count). The molecule has 25 heavy (non-hydrogen) atoms. The summed E-state index contributed by atoms with van der Waals surface area (Å²) in [6.45, 7) is 7.78. The highest BCUT2D eigenvalue weighted by Gasteiger charge is 2.27. The van der Waals surface area contributed by atoms with Gasteiger partial charge in [0.15, 0.2) is 0 Å². The molecule has 1 atom stereocenters. The van der Waals surface area contributed by atoms with Gasteiger partial charge in [-0.2, -0.15) is 0 Å². The zero-order valence-electron chi connectivity index (χ0n) is 15.5. The maximum absolute atomic E-state index is 5.58. The van der Waals surface area contributed by atoms with Crippen molar-refractivity contribution in [3.05, 3.63) is 52.8 Å². The lowest BCUT2D eigenvalue weighted by molar-refractivity contribution is 0.148. The van der Waals surface area contributed by atoms with Crippen LogP contribution >= 0.6 is 0 Å². The van der Waals surface area contributed by atoms with Crippen molar-refractivity contribution in [3.63, 3.8) is 0 Å². The minimum Gasteiger partial charge on any atom is -0.496 e. The molecule has 1 aliphatic rings. The van der Waals surface area contributed by atoms with E-state index in [9.17, 15) is 0 Å². The number of piperazine rings is 1. The molecule has 0 aliphatic carbocycles. The first-order valence-electron chi connectivity index (χ1n) is 8.72. The second kappa shape index (κ2) is 7.85. The molecule has 5 nitrogen and oxygen atoms in total. The molecule has 0 saturated carbocycles. The summed E-state index contributed by atoms with van der Waals surface area (Å²) in [6.07, 6.45) is 1.90. The Hall–Kier alpha value is -2.11. The first-order valence-corrected chi connectivity index (χ1v) is 8.72. The second-order valence-corrected chi connectivity index (χ2v) is 6.48. The molecule has 0 bridgehead atoms. The van der Waals surface area contributed by atoms with Gasteiger partial charge in [-0.3, -0.25) is 9.88 Å². The molecule has 0 radical (unpaired) electrons.